The monoisotopic (exact) mass is 368 g/mol. The summed E-state index contributed by atoms with van der Waals surface area (Å²) in [5.41, 5.74) is 4.19. The number of anilines is 1. The highest BCUT2D eigenvalue weighted by Crippen LogP contribution is 2.51. The molecule has 1 N–H and O–H groups in total. The van der Waals surface area contributed by atoms with Crippen molar-refractivity contribution in [2.75, 3.05) is 19.5 Å². The molecule has 2 heterocycles. The molecule has 6 heteroatoms. The number of allylic oxidation sites excluding steroid dienone is 2. The van der Waals surface area contributed by atoms with E-state index in [1.165, 1.54) is 0 Å². The van der Waals surface area contributed by atoms with Gasteiger partial charge in [-0.1, -0.05) is 25.1 Å². The van der Waals surface area contributed by atoms with Gasteiger partial charge in [0.25, 0.3) is 0 Å². The summed E-state index contributed by atoms with van der Waals surface area (Å²) in [5, 5.41) is 7.47. The number of carbonyl (C=O) groups excluding carboxylic acids is 1. The van der Waals surface area contributed by atoms with Crippen LogP contribution < -0.4 is 14.8 Å². The predicted octanol–water partition coefficient (Wildman–Crippen LogP) is 4.20. The van der Waals surface area contributed by atoms with Gasteiger partial charge in [-0.2, -0.15) is 0 Å². The van der Waals surface area contributed by atoms with Crippen LogP contribution in [0.3, 0.4) is 0 Å². The van der Waals surface area contributed by atoms with Crippen molar-refractivity contribution in [3.8, 4) is 11.5 Å². The van der Waals surface area contributed by atoms with Crippen LogP contribution in [0.5, 0.6) is 11.5 Å². The average molecular weight is 368 g/mol. The summed E-state index contributed by atoms with van der Waals surface area (Å²) in [4.78, 5) is 13.2. The second kappa shape index (κ2) is 6.15. The molecule has 1 aliphatic carbocycles. The zero-order valence-electron chi connectivity index (χ0n) is 16.3. The zero-order chi connectivity index (χ0) is 19.3. The van der Waals surface area contributed by atoms with Gasteiger partial charge in [-0.15, -0.1) is 0 Å². The Bertz CT molecular complexity index is 955. The second-order valence-corrected chi connectivity index (χ2v) is 8.01. The summed E-state index contributed by atoms with van der Waals surface area (Å²) in [5.74, 6) is 1.88. The minimum Gasteiger partial charge on any atom is -0.497 e. The van der Waals surface area contributed by atoms with Gasteiger partial charge in [0.15, 0.2) is 5.78 Å². The number of hydrogen-bond acceptors (Lipinski definition) is 6. The number of nitrogens with zero attached hydrogens (tertiary/aromatic N) is 1. The molecule has 27 heavy (non-hydrogen) atoms. The van der Waals surface area contributed by atoms with Crippen LogP contribution in [-0.2, 0) is 4.79 Å². The van der Waals surface area contributed by atoms with Gasteiger partial charge in [-0.3, -0.25) is 4.79 Å². The molecule has 1 aromatic carbocycles. The van der Waals surface area contributed by atoms with Gasteiger partial charge in [0.2, 0.25) is 5.88 Å². The number of ether oxygens (including phenoxy) is 2. The molecule has 1 atom stereocenters. The van der Waals surface area contributed by atoms with E-state index in [9.17, 15) is 4.79 Å². The Balaban J connectivity index is 1.95. The van der Waals surface area contributed by atoms with Crippen molar-refractivity contribution in [3.05, 3.63) is 46.3 Å². The highest BCUT2D eigenvalue weighted by Gasteiger charge is 2.43. The lowest BCUT2D eigenvalue weighted by Crippen LogP contribution is -2.33. The number of methoxy groups -OCH3 is 2. The summed E-state index contributed by atoms with van der Waals surface area (Å²) in [6.07, 6.45) is 1.30. The average Bonchev–Trinajstić information content (AvgIpc) is 2.99. The van der Waals surface area contributed by atoms with E-state index in [2.05, 4.69) is 24.3 Å². The predicted molar refractivity (Wildman–Crippen MR) is 101 cm³/mol. The lowest BCUT2D eigenvalue weighted by molar-refractivity contribution is -0.118. The fraction of sp³-hybridized carbons (Fsp3) is 0.429. The molecular formula is C21H24N2O4. The van der Waals surface area contributed by atoms with Crippen molar-refractivity contribution in [1.29, 1.82) is 0 Å². The molecule has 6 nitrogen and oxygen atoms in total. The largest absolute Gasteiger partial charge is 0.497 e. The van der Waals surface area contributed by atoms with Gasteiger partial charge in [-0.05, 0) is 24.8 Å². The standard InChI is InChI=1S/C21H24N2O4/c1-11-17-18(13-7-6-12(25-4)8-16(13)26-5)19-14(22-20(17)27-23-11)9-21(2,3)10-15(19)24/h6-8,18,22H,9-10H2,1-5H3/t18-/m0/s1. The normalized spacial score (nSPS) is 20.6. The van der Waals surface area contributed by atoms with Gasteiger partial charge < -0.3 is 19.3 Å². The highest BCUT2D eigenvalue weighted by atomic mass is 16.5. The molecule has 1 aromatic heterocycles. The fourth-order valence-electron chi connectivity index (χ4n) is 4.24. The first kappa shape index (κ1) is 17.6. The van der Waals surface area contributed by atoms with E-state index < -0.39 is 0 Å². The van der Waals surface area contributed by atoms with Crippen molar-refractivity contribution < 1.29 is 18.8 Å². The highest BCUT2D eigenvalue weighted by molar-refractivity contribution is 6.01. The smallest absolute Gasteiger partial charge is 0.233 e. The van der Waals surface area contributed by atoms with Crippen molar-refractivity contribution in [2.24, 2.45) is 5.41 Å². The lowest BCUT2D eigenvalue weighted by atomic mass is 9.69. The first-order valence-electron chi connectivity index (χ1n) is 9.06. The molecule has 1 aliphatic heterocycles. The minimum atomic E-state index is -0.271. The molecular weight excluding hydrogens is 344 g/mol. The number of nitrogens with one attached hydrogen (secondary N) is 1. The molecule has 4 rings (SSSR count). The maximum atomic E-state index is 13.2. The van der Waals surface area contributed by atoms with E-state index in [1.54, 1.807) is 14.2 Å². The summed E-state index contributed by atoms with van der Waals surface area (Å²) in [6.45, 7) is 6.12. The maximum absolute atomic E-state index is 13.2. The second-order valence-electron chi connectivity index (χ2n) is 8.01. The molecule has 0 radical (unpaired) electrons. The van der Waals surface area contributed by atoms with Crippen LogP contribution in [0.15, 0.2) is 34.0 Å². The summed E-state index contributed by atoms with van der Waals surface area (Å²) in [6, 6.07) is 5.69. The van der Waals surface area contributed by atoms with Crippen LogP contribution in [0.4, 0.5) is 5.88 Å². The fourth-order valence-corrected chi connectivity index (χ4v) is 4.24. The number of fused-ring (bicyclic) bond motifs is 1. The van der Waals surface area contributed by atoms with E-state index in [-0.39, 0.29) is 17.1 Å². The van der Waals surface area contributed by atoms with E-state index in [1.807, 2.05) is 25.1 Å². The van der Waals surface area contributed by atoms with Crippen LogP contribution in [-0.4, -0.2) is 25.2 Å². The molecule has 2 aromatic rings. The van der Waals surface area contributed by atoms with E-state index in [4.69, 9.17) is 14.0 Å². The quantitative estimate of drug-likeness (QED) is 0.875. The van der Waals surface area contributed by atoms with Crippen LogP contribution in [0.25, 0.3) is 0 Å². The topological polar surface area (TPSA) is 73.6 Å². The van der Waals surface area contributed by atoms with Gasteiger partial charge in [0, 0.05) is 29.3 Å². The van der Waals surface area contributed by atoms with Gasteiger partial charge in [0.1, 0.15) is 11.5 Å². The third kappa shape index (κ3) is 2.80. The van der Waals surface area contributed by atoms with Gasteiger partial charge >= 0.3 is 0 Å². The van der Waals surface area contributed by atoms with Crippen LogP contribution in [0, 0.1) is 12.3 Å². The molecule has 0 unspecified atom stereocenters. The minimum absolute atomic E-state index is 0.0932. The number of hydrogen-bond donors (Lipinski definition) is 1. The molecule has 0 saturated heterocycles. The Morgan fingerprint density at radius 1 is 1.22 bits per heavy atom. The van der Waals surface area contributed by atoms with Crippen LogP contribution >= 0.6 is 0 Å². The number of rotatable bonds is 3. The van der Waals surface area contributed by atoms with Crippen molar-refractivity contribution >= 4 is 11.7 Å². The van der Waals surface area contributed by atoms with Crippen molar-refractivity contribution in [2.45, 2.75) is 39.5 Å². The number of aromatic nitrogens is 1. The number of benzene rings is 1. The lowest BCUT2D eigenvalue weighted by Gasteiger charge is -2.38. The summed E-state index contributed by atoms with van der Waals surface area (Å²) >= 11 is 0. The third-order valence-electron chi connectivity index (χ3n) is 5.42. The van der Waals surface area contributed by atoms with Gasteiger partial charge in [0.05, 0.1) is 31.4 Å². The van der Waals surface area contributed by atoms with E-state index in [0.29, 0.717) is 23.8 Å². The molecule has 142 valence electrons. The van der Waals surface area contributed by atoms with Crippen LogP contribution in [0.1, 0.15) is 49.4 Å². The molecule has 0 fully saturated rings. The Labute approximate surface area is 158 Å². The van der Waals surface area contributed by atoms with Crippen molar-refractivity contribution in [3.63, 3.8) is 0 Å². The molecule has 0 bridgehead atoms. The number of aryl methyl sites for hydroxylation is 1. The molecule has 0 amide bonds. The number of ketones is 1. The van der Waals surface area contributed by atoms with Crippen molar-refractivity contribution in [1.82, 2.24) is 5.16 Å². The number of carbonyl (C=O) groups is 1. The molecule has 0 spiro atoms. The first-order valence-corrected chi connectivity index (χ1v) is 9.06. The third-order valence-corrected chi connectivity index (χ3v) is 5.42. The Morgan fingerprint density at radius 2 is 2.00 bits per heavy atom. The zero-order valence-corrected chi connectivity index (χ0v) is 16.3. The summed E-state index contributed by atoms with van der Waals surface area (Å²) < 4.78 is 16.5. The number of Topliss-reactive ketones (excluding diaryl/α,β-unsaturated/α-hetero) is 1. The van der Waals surface area contributed by atoms with E-state index in [0.717, 1.165) is 34.5 Å². The summed E-state index contributed by atoms with van der Waals surface area (Å²) in [7, 11) is 3.25. The Kier molecular flexibility index (Phi) is 4.02. The molecule has 0 saturated carbocycles. The maximum Gasteiger partial charge on any atom is 0.233 e. The van der Waals surface area contributed by atoms with E-state index >= 15 is 0 Å². The SMILES string of the molecule is COc1ccc([C@@H]2C3=C(CC(C)(C)CC3=O)Nc3onc(C)c32)c(OC)c1. The van der Waals surface area contributed by atoms with Gasteiger partial charge in [-0.25, -0.2) is 0 Å². The molecule has 2 aliphatic rings. The Hall–Kier alpha value is -2.76. The Morgan fingerprint density at radius 3 is 2.70 bits per heavy atom. The first-order chi connectivity index (χ1) is 12.8. The van der Waals surface area contributed by atoms with Crippen LogP contribution in [0.2, 0.25) is 0 Å².